The van der Waals surface area contributed by atoms with E-state index in [-0.39, 0.29) is 0 Å². The minimum atomic E-state index is -1.11. The fraction of sp³-hybridized carbons (Fsp3) is 0.647. The Bertz CT molecular complexity index is 419. The monoisotopic (exact) mass is 263 g/mol. The number of nitrogens with one attached hydrogen (secondary N) is 1. The number of alkyl halides is 1. The van der Waals surface area contributed by atoms with Crippen molar-refractivity contribution in [2.45, 2.75) is 64.6 Å². The van der Waals surface area contributed by atoms with E-state index < -0.39 is 5.67 Å². The number of hydrogen-bond donors (Lipinski definition) is 1. The lowest BCUT2D eigenvalue weighted by Crippen LogP contribution is -2.40. The minimum absolute atomic E-state index is 0.357. The normalized spacial score (nSPS) is 23.1. The highest BCUT2D eigenvalue weighted by atomic mass is 19.1. The van der Waals surface area contributed by atoms with E-state index in [1.807, 2.05) is 0 Å². The zero-order valence-electron chi connectivity index (χ0n) is 12.4. The molecule has 0 saturated carbocycles. The molecule has 0 bridgehead atoms. The van der Waals surface area contributed by atoms with Gasteiger partial charge in [-0.15, -0.1) is 0 Å². The maximum atomic E-state index is 14.8. The van der Waals surface area contributed by atoms with Crippen LogP contribution in [0.2, 0.25) is 0 Å². The first-order valence-corrected chi connectivity index (χ1v) is 7.45. The predicted octanol–water partition coefficient (Wildman–Crippen LogP) is 4.11. The van der Waals surface area contributed by atoms with Crippen LogP contribution in [0.3, 0.4) is 0 Å². The number of piperidine rings is 1. The first-order chi connectivity index (χ1) is 8.96. The van der Waals surface area contributed by atoms with Crippen LogP contribution in [0.1, 0.15) is 49.3 Å². The summed E-state index contributed by atoms with van der Waals surface area (Å²) in [5.41, 5.74) is 2.53. The summed E-state index contributed by atoms with van der Waals surface area (Å²) in [7, 11) is 0. The maximum absolute atomic E-state index is 14.8. The third-order valence-electron chi connectivity index (χ3n) is 4.23. The summed E-state index contributed by atoms with van der Waals surface area (Å²) in [4.78, 5) is 0. The lowest BCUT2D eigenvalue weighted by atomic mass is 9.88. The van der Waals surface area contributed by atoms with Gasteiger partial charge in [-0.2, -0.15) is 0 Å². The zero-order chi connectivity index (χ0) is 13.9. The second kappa shape index (κ2) is 6.04. The van der Waals surface area contributed by atoms with Crippen molar-refractivity contribution in [1.29, 1.82) is 0 Å². The average Bonchev–Trinajstić information content (AvgIpc) is 2.34. The van der Waals surface area contributed by atoms with Gasteiger partial charge in [0.25, 0.3) is 0 Å². The second-order valence-electron chi connectivity index (χ2n) is 6.36. The van der Waals surface area contributed by atoms with E-state index in [0.29, 0.717) is 18.9 Å². The highest BCUT2D eigenvalue weighted by Crippen LogP contribution is 2.27. The van der Waals surface area contributed by atoms with Crippen LogP contribution in [0.15, 0.2) is 18.2 Å². The molecular formula is C17H26FN. The van der Waals surface area contributed by atoms with E-state index in [4.69, 9.17) is 0 Å². The molecule has 0 aromatic heterocycles. The minimum Gasteiger partial charge on any atom is -0.314 e. The first-order valence-electron chi connectivity index (χ1n) is 7.45. The molecule has 0 radical (unpaired) electrons. The molecule has 1 aromatic carbocycles. The van der Waals surface area contributed by atoms with Gasteiger partial charge < -0.3 is 5.32 Å². The smallest absolute Gasteiger partial charge is 0.113 e. The molecule has 0 spiro atoms. The fourth-order valence-electron chi connectivity index (χ4n) is 3.02. The molecule has 2 rings (SSSR count). The van der Waals surface area contributed by atoms with Crippen molar-refractivity contribution in [3.05, 3.63) is 34.9 Å². The van der Waals surface area contributed by atoms with Gasteiger partial charge in [0.1, 0.15) is 5.67 Å². The van der Waals surface area contributed by atoms with Crippen LogP contribution in [-0.4, -0.2) is 18.3 Å². The van der Waals surface area contributed by atoms with Crippen LogP contribution >= 0.6 is 0 Å². The van der Waals surface area contributed by atoms with Crippen molar-refractivity contribution in [2.75, 3.05) is 6.54 Å². The summed E-state index contributed by atoms with van der Waals surface area (Å²) >= 11 is 0. The molecule has 1 saturated heterocycles. The van der Waals surface area contributed by atoms with Crippen molar-refractivity contribution in [3.63, 3.8) is 0 Å². The van der Waals surface area contributed by atoms with Gasteiger partial charge in [0, 0.05) is 12.5 Å². The molecule has 1 N–H and O–H groups in total. The number of hydrogen-bond acceptors (Lipinski definition) is 1. The number of halogens is 1. The lowest BCUT2D eigenvalue weighted by Gasteiger charge is -2.30. The number of benzene rings is 1. The molecule has 1 aliphatic heterocycles. The van der Waals surface area contributed by atoms with Gasteiger partial charge in [-0.05, 0) is 63.3 Å². The predicted molar refractivity (Wildman–Crippen MR) is 79.4 cm³/mol. The molecule has 1 nitrogen and oxygen atoms in total. The Hall–Kier alpha value is -0.890. The fourth-order valence-corrected chi connectivity index (χ4v) is 3.02. The van der Waals surface area contributed by atoms with Crippen LogP contribution in [-0.2, 0) is 6.42 Å². The Balaban J connectivity index is 1.96. The van der Waals surface area contributed by atoms with Crippen LogP contribution in [0.4, 0.5) is 4.39 Å². The van der Waals surface area contributed by atoms with Gasteiger partial charge >= 0.3 is 0 Å². The van der Waals surface area contributed by atoms with E-state index in [0.717, 1.165) is 18.5 Å². The molecule has 0 amide bonds. The third-order valence-corrected chi connectivity index (χ3v) is 4.23. The van der Waals surface area contributed by atoms with Gasteiger partial charge in [-0.1, -0.05) is 24.6 Å². The first kappa shape index (κ1) is 14.5. The number of rotatable bonds is 4. The molecule has 1 aliphatic rings. The van der Waals surface area contributed by atoms with Gasteiger partial charge in [0.05, 0.1) is 0 Å². The molecular weight excluding hydrogens is 237 g/mol. The van der Waals surface area contributed by atoms with Gasteiger partial charge in [0.15, 0.2) is 0 Å². The van der Waals surface area contributed by atoms with Crippen LogP contribution in [0.25, 0.3) is 0 Å². The van der Waals surface area contributed by atoms with Crippen molar-refractivity contribution >= 4 is 0 Å². The SMILES string of the molecule is Cc1ccc(CC(C)(F)CC2CCCCN2)cc1C. The quantitative estimate of drug-likeness (QED) is 0.862. The summed E-state index contributed by atoms with van der Waals surface area (Å²) in [6.07, 6.45) is 4.73. The summed E-state index contributed by atoms with van der Waals surface area (Å²) in [5, 5.41) is 3.44. The van der Waals surface area contributed by atoms with Gasteiger partial charge in [0.2, 0.25) is 0 Å². The average molecular weight is 263 g/mol. The summed E-state index contributed by atoms with van der Waals surface area (Å²) < 4.78 is 14.8. The molecule has 106 valence electrons. The second-order valence-corrected chi connectivity index (χ2v) is 6.36. The summed E-state index contributed by atoms with van der Waals surface area (Å²) in [6, 6.07) is 6.64. The molecule has 1 aromatic rings. The van der Waals surface area contributed by atoms with E-state index in [2.05, 4.69) is 37.4 Å². The highest BCUT2D eigenvalue weighted by molar-refractivity contribution is 5.30. The molecule has 1 fully saturated rings. The molecule has 1 heterocycles. The van der Waals surface area contributed by atoms with Crippen molar-refractivity contribution < 1.29 is 4.39 Å². The zero-order valence-corrected chi connectivity index (χ0v) is 12.4. The van der Waals surface area contributed by atoms with E-state index >= 15 is 0 Å². The molecule has 2 unspecified atom stereocenters. The Morgan fingerprint density at radius 3 is 2.68 bits per heavy atom. The van der Waals surface area contributed by atoms with E-state index in [9.17, 15) is 4.39 Å². The maximum Gasteiger partial charge on any atom is 0.113 e. The highest BCUT2D eigenvalue weighted by Gasteiger charge is 2.28. The summed E-state index contributed by atoms with van der Waals surface area (Å²) in [6.45, 7) is 6.99. The Labute approximate surface area is 116 Å². The summed E-state index contributed by atoms with van der Waals surface area (Å²) in [5.74, 6) is 0. The lowest BCUT2D eigenvalue weighted by molar-refractivity contribution is 0.146. The topological polar surface area (TPSA) is 12.0 Å². The van der Waals surface area contributed by atoms with Crippen molar-refractivity contribution in [2.24, 2.45) is 0 Å². The van der Waals surface area contributed by atoms with Gasteiger partial charge in [-0.25, -0.2) is 4.39 Å². The molecule has 2 atom stereocenters. The molecule has 2 heteroatoms. The molecule has 0 aliphatic carbocycles. The van der Waals surface area contributed by atoms with E-state index in [1.54, 1.807) is 6.92 Å². The van der Waals surface area contributed by atoms with Gasteiger partial charge in [-0.3, -0.25) is 0 Å². The third kappa shape index (κ3) is 4.31. The largest absolute Gasteiger partial charge is 0.314 e. The Morgan fingerprint density at radius 1 is 1.26 bits per heavy atom. The van der Waals surface area contributed by atoms with E-state index in [1.165, 1.54) is 24.0 Å². The van der Waals surface area contributed by atoms with Crippen LogP contribution < -0.4 is 5.32 Å². The number of aryl methyl sites for hydroxylation is 2. The Morgan fingerprint density at radius 2 is 2.05 bits per heavy atom. The van der Waals surface area contributed by atoms with Crippen LogP contribution in [0, 0.1) is 13.8 Å². The van der Waals surface area contributed by atoms with Crippen LogP contribution in [0.5, 0.6) is 0 Å². The van der Waals surface area contributed by atoms with Crippen molar-refractivity contribution in [1.82, 2.24) is 5.32 Å². The standard InChI is InChI=1S/C17H26FN/c1-13-7-8-15(10-14(13)2)11-17(3,18)12-16-6-4-5-9-19-16/h7-8,10,16,19H,4-6,9,11-12H2,1-3H3. The molecule has 19 heavy (non-hydrogen) atoms. The van der Waals surface area contributed by atoms with Crippen molar-refractivity contribution in [3.8, 4) is 0 Å². The Kier molecular flexibility index (Phi) is 4.62.